The van der Waals surface area contributed by atoms with Crippen LogP contribution in [0.2, 0.25) is 5.02 Å². The highest BCUT2D eigenvalue weighted by Gasteiger charge is 2.22. The Hall–Kier alpha value is -1.84. The molecule has 120 valence electrons. The second kappa shape index (κ2) is 7.16. The Bertz CT molecular complexity index is 667. The van der Waals surface area contributed by atoms with Gasteiger partial charge in [0.25, 0.3) is 5.91 Å². The Kier molecular flexibility index (Phi) is 4.99. The number of likely N-dealkylation sites (N-methyl/N-ethyl adjacent to an activating group) is 1. The van der Waals surface area contributed by atoms with Crippen LogP contribution in [-0.4, -0.2) is 30.4 Å². The van der Waals surface area contributed by atoms with E-state index in [9.17, 15) is 4.79 Å². The fraction of sp³-hybridized carbons (Fsp3) is 0.316. The van der Waals surface area contributed by atoms with Crippen LogP contribution in [0.15, 0.2) is 48.5 Å². The van der Waals surface area contributed by atoms with Gasteiger partial charge >= 0.3 is 0 Å². The van der Waals surface area contributed by atoms with Crippen molar-refractivity contribution in [3.05, 3.63) is 64.7 Å². The minimum atomic E-state index is -0.118. The van der Waals surface area contributed by atoms with Crippen molar-refractivity contribution in [3.63, 3.8) is 0 Å². The third-order valence-corrected chi connectivity index (χ3v) is 4.72. The number of halogens is 1. The minimum Gasteiger partial charge on any atom is -0.322 e. The van der Waals surface area contributed by atoms with E-state index in [4.69, 9.17) is 11.6 Å². The van der Waals surface area contributed by atoms with Gasteiger partial charge < -0.3 is 10.2 Å². The molecule has 1 aliphatic heterocycles. The number of hydrogen-bond donors (Lipinski definition) is 1. The van der Waals surface area contributed by atoms with Crippen molar-refractivity contribution in [1.82, 2.24) is 4.90 Å². The van der Waals surface area contributed by atoms with Crippen LogP contribution in [0.1, 0.15) is 35.2 Å². The molecule has 1 fully saturated rings. The van der Waals surface area contributed by atoms with Crippen LogP contribution >= 0.6 is 11.6 Å². The van der Waals surface area contributed by atoms with Crippen molar-refractivity contribution >= 4 is 23.2 Å². The van der Waals surface area contributed by atoms with E-state index in [1.165, 1.54) is 18.5 Å². The molecular formula is C19H21ClN2O. The minimum absolute atomic E-state index is 0.118. The summed E-state index contributed by atoms with van der Waals surface area (Å²) in [5.74, 6) is 0.489. The first-order valence-electron chi connectivity index (χ1n) is 8.05. The van der Waals surface area contributed by atoms with Crippen LogP contribution in [0.3, 0.4) is 0 Å². The molecule has 3 nitrogen and oxygen atoms in total. The van der Waals surface area contributed by atoms with E-state index in [2.05, 4.69) is 29.3 Å². The Labute approximate surface area is 142 Å². The Balaban J connectivity index is 1.63. The maximum atomic E-state index is 12.2. The number of likely N-dealkylation sites (tertiary alicyclic amines) is 1. The summed E-state index contributed by atoms with van der Waals surface area (Å²) in [4.78, 5) is 14.7. The average molecular weight is 329 g/mol. The Morgan fingerprint density at radius 3 is 2.48 bits per heavy atom. The molecule has 0 radical (unpaired) electrons. The normalized spacial score (nSPS) is 18.1. The van der Waals surface area contributed by atoms with Gasteiger partial charge in [0.05, 0.1) is 0 Å². The maximum absolute atomic E-state index is 12.2. The molecule has 2 aromatic carbocycles. The van der Waals surface area contributed by atoms with Gasteiger partial charge in [-0.15, -0.1) is 0 Å². The molecule has 0 unspecified atom stereocenters. The second-order valence-corrected chi connectivity index (χ2v) is 6.40. The van der Waals surface area contributed by atoms with Crippen LogP contribution in [0, 0.1) is 0 Å². The van der Waals surface area contributed by atoms with E-state index in [1.807, 2.05) is 12.1 Å². The fourth-order valence-electron chi connectivity index (χ4n) is 3.04. The first-order valence-corrected chi connectivity index (χ1v) is 8.42. The van der Waals surface area contributed by atoms with E-state index >= 15 is 0 Å². The monoisotopic (exact) mass is 328 g/mol. The van der Waals surface area contributed by atoms with E-state index in [-0.39, 0.29) is 5.91 Å². The smallest absolute Gasteiger partial charge is 0.255 e. The van der Waals surface area contributed by atoms with Crippen molar-refractivity contribution in [2.24, 2.45) is 0 Å². The molecule has 0 bridgehead atoms. The molecule has 0 aromatic heterocycles. The van der Waals surface area contributed by atoms with Gasteiger partial charge in [-0.3, -0.25) is 4.79 Å². The number of nitrogens with one attached hydrogen (secondary N) is 1. The van der Waals surface area contributed by atoms with Crippen molar-refractivity contribution in [3.8, 4) is 0 Å². The quantitative estimate of drug-likeness (QED) is 0.902. The summed E-state index contributed by atoms with van der Waals surface area (Å²) in [6.45, 7) is 5.63. The molecule has 1 aliphatic rings. The summed E-state index contributed by atoms with van der Waals surface area (Å²) in [6.07, 6.45) is 1.21. The third-order valence-electron chi connectivity index (χ3n) is 4.47. The standard InChI is InChI=1S/C19H21ClN2O/c1-2-22-12-11-16(13-22)14-5-9-18(10-6-14)21-19(23)15-3-7-17(20)8-4-15/h3-10,16H,2,11-13H2,1H3,(H,21,23)/t16-/m0/s1. The van der Waals surface area contributed by atoms with Gasteiger partial charge in [0, 0.05) is 22.8 Å². The van der Waals surface area contributed by atoms with Gasteiger partial charge in [0.15, 0.2) is 0 Å². The number of nitrogens with zero attached hydrogens (tertiary/aromatic N) is 1. The van der Waals surface area contributed by atoms with Crippen molar-refractivity contribution < 1.29 is 4.79 Å². The van der Waals surface area contributed by atoms with Gasteiger partial charge in [0.1, 0.15) is 0 Å². The van der Waals surface area contributed by atoms with Crippen LogP contribution in [-0.2, 0) is 0 Å². The van der Waals surface area contributed by atoms with E-state index in [0.29, 0.717) is 16.5 Å². The van der Waals surface area contributed by atoms with Gasteiger partial charge in [-0.25, -0.2) is 0 Å². The van der Waals surface area contributed by atoms with Crippen LogP contribution in [0.4, 0.5) is 5.69 Å². The third kappa shape index (κ3) is 3.92. The summed E-state index contributed by atoms with van der Waals surface area (Å²) < 4.78 is 0. The SMILES string of the molecule is CCN1CC[C@H](c2ccc(NC(=O)c3ccc(Cl)cc3)cc2)C1. The van der Waals surface area contributed by atoms with E-state index in [1.54, 1.807) is 24.3 Å². The molecule has 23 heavy (non-hydrogen) atoms. The Morgan fingerprint density at radius 1 is 1.17 bits per heavy atom. The summed E-state index contributed by atoms with van der Waals surface area (Å²) in [6, 6.07) is 15.1. The number of rotatable bonds is 4. The first kappa shape index (κ1) is 16.0. The second-order valence-electron chi connectivity index (χ2n) is 5.96. The molecule has 1 saturated heterocycles. The predicted octanol–water partition coefficient (Wildman–Crippen LogP) is 4.40. The average Bonchev–Trinajstić information content (AvgIpc) is 3.05. The van der Waals surface area contributed by atoms with Crippen molar-refractivity contribution in [1.29, 1.82) is 0 Å². The maximum Gasteiger partial charge on any atom is 0.255 e. The van der Waals surface area contributed by atoms with Crippen LogP contribution in [0.25, 0.3) is 0 Å². The largest absolute Gasteiger partial charge is 0.322 e. The first-order chi connectivity index (χ1) is 11.2. The highest BCUT2D eigenvalue weighted by Crippen LogP contribution is 2.27. The number of carbonyl (C=O) groups is 1. The molecular weight excluding hydrogens is 308 g/mol. The number of anilines is 1. The zero-order chi connectivity index (χ0) is 16.2. The molecule has 1 atom stereocenters. The summed E-state index contributed by atoms with van der Waals surface area (Å²) in [5, 5.41) is 3.55. The molecule has 0 aliphatic carbocycles. The van der Waals surface area contributed by atoms with Gasteiger partial charge in [-0.1, -0.05) is 30.7 Å². The number of carbonyl (C=O) groups excluding carboxylic acids is 1. The predicted molar refractivity (Wildman–Crippen MR) is 95.3 cm³/mol. The number of benzene rings is 2. The molecule has 1 heterocycles. The summed E-state index contributed by atoms with van der Waals surface area (Å²) in [5.41, 5.74) is 2.78. The topological polar surface area (TPSA) is 32.3 Å². The number of hydrogen-bond acceptors (Lipinski definition) is 2. The molecule has 2 aromatic rings. The summed E-state index contributed by atoms with van der Waals surface area (Å²) in [7, 11) is 0. The zero-order valence-corrected chi connectivity index (χ0v) is 14.0. The molecule has 0 spiro atoms. The highest BCUT2D eigenvalue weighted by atomic mass is 35.5. The summed E-state index contributed by atoms with van der Waals surface area (Å²) >= 11 is 5.84. The molecule has 4 heteroatoms. The fourth-order valence-corrected chi connectivity index (χ4v) is 3.16. The lowest BCUT2D eigenvalue weighted by molar-refractivity contribution is 0.102. The van der Waals surface area contributed by atoms with Gasteiger partial charge in [0.2, 0.25) is 0 Å². The van der Waals surface area contributed by atoms with Crippen molar-refractivity contribution in [2.75, 3.05) is 25.0 Å². The number of amides is 1. The van der Waals surface area contributed by atoms with Crippen molar-refractivity contribution in [2.45, 2.75) is 19.3 Å². The molecule has 1 N–H and O–H groups in total. The molecule has 1 amide bonds. The lowest BCUT2D eigenvalue weighted by Crippen LogP contribution is -2.19. The Morgan fingerprint density at radius 2 is 1.87 bits per heavy atom. The van der Waals surface area contributed by atoms with Gasteiger partial charge in [-0.2, -0.15) is 0 Å². The van der Waals surface area contributed by atoms with Crippen LogP contribution in [0.5, 0.6) is 0 Å². The van der Waals surface area contributed by atoms with Gasteiger partial charge in [-0.05, 0) is 67.4 Å². The highest BCUT2D eigenvalue weighted by molar-refractivity contribution is 6.30. The van der Waals surface area contributed by atoms with E-state index in [0.717, 1.165) is 18.8 Å². The molecule has 0 saturated carbocycles. The van der Waals surface area contributed by atoms with E-state index < -0.39 is 0 Å². The zero-order valence-electron chi connectivity index (χ0n) is 13.3. The lowest BCUT2D eigenvalue weighted by Gasteiger charge is -2.14. The molecule has 3 rings (SSSR count). The van der Waals surface area contributed by atoms with Crippen LogP contribution < -0.4 is 5.32 Å². The lowest BCUT2D eigenvalue weighted by atomic mass is 9.98.